The van der Waals surface area contributed by atoms with E-state index in [1.807, 2.05) is 19.1 Å². The molecular formula is C18H22FN3O2. The molecule has 2 aromatic rings. The Morgan fingerprint density at radius 2 is 1.92 bits per heavy atom. The van der Waals surface area contributed by atoms with Gasteiger partial charge >= 0.3 is 0 Å². The maximum Gasteiger partial charge on any atom is 0.241 e. The lowest BCUT2D eigenvalue weighted by Crippen LogP contribution is -2.52. The standard InChI is InChI=1S/C18H22FN3O2/c1-14(18(23)20-16-6-4-15(19)5-7-16)22-10-8-21(9-11-22)13-17-3-2-12-24-17/h2-7,12,14H,8-11,13H2,1H3,(H,20,23)/t14-/m0/s1. The Morgan fingerprint density at radius 3 is 2.54 bits per heavy atom. The summed E-state index contributed by atoms with van der Waals surface area (Å²) in [7, 11) is 0. The van der Waals surface area contributed by atoms with Crippen molar-refractivity contribution in [2.75, 3.05) is 31.5 Å². The van der Waals surface area contributed by atoms with Crippen LogP contribution in [0.4, 0.5) is 10.1 Å². The average molecular weight is 331 g/mol. The summed E-state index contributed by atoms with van der Waals surface area (Å²) in [6.07, 6.45) is 1.69. The van der Waals surface area contributed by atoms with Crippen molar-refractivity contribution in [1.29, 1.82) is 0 Å². The second kappa shape index (κ2) is 7.59. The number of halogens is 1. The van der Waals surface area contributed by atoms with Gasteiger partial charge in [0.05, 0.1) is 18.8 Å². The lowest BCUT2D eigenvalue weighted by Gasteiger charge is -2.37. The molecule has 128 valence electrons. The summed E-state index contributed by atoms with van der Waals surface area (Å²) in [6.45, 7) is 6.17. The van der Waals surface area contributed by atoms with Gasteiger partial charge in [-0.3, -0.25) is 14.6 Å². The Bertz CT molecular complexity index is 649. The van der Waals surface area contributed by atoms with Crippen LogP contribution in [0.3, 0.4) is 0 Å². The maximum atomic E-state index is 12.9. The van der Waals surface area contributed by atoms with Gasteiger partial charge < -0.3 is 9.73 Å². The first-order valence-corrected chi connectivity index (χ1v) is 8.17. The van der Waals surface area contributed by atoms with Gasteiger partial charge in [0.2, 0.25) is 5.91 Å². The van der Waals surface area contributed by atoms with Crippen LogP contribution in [-0.4, -0.2) is 47.9 Å². The maximum absolute atomic E-state index is 12.9. The monoisotopic (exact) mass is 331 g/mol. The molecule has 1 aliphatic heterocycles. The molecule has 0 saturated carbocycles. The van der Waals surface area contributed by atoms with Gasteiger partial charge in [-0.1, -0.05) is 0 Å². The minimum atomic E-state index is -0.311. The Morgan fingerprint density at radius 1 is 1.21 bits per heavy atom. The zero-order chi connectivity index (χ0) is 16.9. The molecule has 0 spiro atoms. The molecule has 1 amide bonds. The number of carbonyl (C=O) groups is 1. The lowest BCUT2D eigenvalue weighted by molar-refractivity contribution is -0.121. The average Bonchev–Trinajstić information content (AvgIpc) is 3.10. The van der Waals surface area contributed by atoms with Gasteiger partial charge in [0.25, 0.3) is 0 Å². The van der Waals surface area contributed by atoms with Crippen LogP contribution in [0, 0.1) is 5.82 Å². The van der Waals surface area contributed by atoms with Crippen molar-refractivity contribution in [2.24, 2.45) is 0 Å². The molecule has 2 heterocycles. The number of amides is 1. The molecule has 0 bridgehead atoms. The van der Waals surface area contributed by atoms with E-state index >= 15 is 0 Å². The van der Waals surface area contributed by atoms with Crippen LogP contribution in [0.25, 0.3) is 0 Å². The first-order chi connectivity index (χ1) is 11.6. The molecule has 1 fully saturated rings. The van der Waals surface area contributed by atoms with Crippen LogP contribution in [0.15, 0.2) is 47.1 Å². The Hall–Kier alpha value is -2.18. The summed E-state index contributed by atoms with van der Waals surface area (Å²) < 4.78 is 18.3. The van der Waals surface area contributed by atoms with Gasteiger partial charge in [0.1, 0.15) is 11.6 Å². The largest absolute Gasteiger partial charge is 0.468 e. The highest BCUT2D eigenvalue weighted by molar-refractivity contribution is 5.94. The minimum absolute atomic E-state index is 0.0684. The van der Waals surface area contributed by atoms with Gasteiger partial charge in [0.15, 0.2) is 0 Å². The number of nitrogens with zero attached hydrogens (tertiary/aromatic N) is 2. The van der Waals surface area contributed by atoms with Gasteiger partial charge in [-0.15, -0.1) is 0 Å². The van der Waals surface area contributed by atoms with Crippen molar-refractivity contribution < 1.29 is 13.6 Å². The highest BCUT2D eigenvalue weighted by atomic mass is 19.1. The summed E-state index contributed by atoms with van der Waals surface area (Å²) >= 11 is 0. The van der Waals surface area contributed by atoms with E-state index in [9.17, 15) is 9.18 Å². The van der Waals surface area contributed by atoms with Crippen molar-refractivity contribution in [2.45, 2.75) is 19.5 Å². The fraction of sp³-hybridized carbons (Fsp3) is 0.389. The zero-order valence-corrected chi connectivity index (χ0v) is 13.7. The molecule has 1 atom stereocenters. The molecule has 5 nitrogen and oxygen atoms in total. The summed E-state index contributed by atoms with van der Waals surface area (Å²) in [5, 5.41) is 2.84. The molecule has 1 aromatic carbocycles. The van der Waals surface area contributed by atoms with Gasteiger partial charge in [0, 0.05) is 31.9 Å². The topological polar surface area (TPSA) is 48.7 Å². The summed E-state index contributed by atoms with van der Waals surface area (Å²) in [6, 6.07) is 9.48. The molecule has 1 saturated heterocycles. The number of hydrogen-bond donors (Lipinski definition) is 1. The number of anilines is 1. The summed E-state index contributed by atoms with van der Waals surface area (Å²) in [5.74, 6) is 0.584. The van der Waals surface area contributed by atoms with Crippen molar-refractivity contribution in [3.63, 3.8) is 0 Å². The second-order valence-electron chi connectivity index (χ2n) is 6.06. The third-order valence-electron chi connectivity index (χ3n) is 4.41. The summed E-state index contributed by atoms with van der Waals surface area (Å²) in [5.41, 5.74) is 0.615. The Kier molecular flexibility index (Phi) is 5.27. The highest BCUT2D eigenvalue weighted by Gasteiger charge is 2.25. The number of piperazine rings is 1. The normalized spacial score (nSPS) is 17.6. The van der Waals surface area contributed by atoms with Crippen LogP contribution >= 0.6 is 0 Å². The van der Waals surface area contributed by atoms with Crippen molar-refractivity contribution in [3.05, 3.63) is 54.2 Å². The van der Waals surface area contributed by atoms with Gasteiger partial charge in [-0.2, -0.15) is 0 Å². The fourth-order valence-electron chi connectivity index (χ4n) is 2.88. The SMILES string of the molecule is C[C@@H](C(=O)Nc1ccc(F)cc1)N1CCN(Cc2ccco2)CC1. The lowest BCUT2D eigenvalue weighted by atomic mass is 10.2. The Balaban J connectivity index is 1.48. The highest BCUT2D eigenvalue weighted by Crippen LogP contribution is 2.13. The molecule has 1 aromatic heterocycles. The minimum Gasteiger partial charge on any atom is -0.468 e. The summed E-state index contributed by atoms with van der Waals surface area (Å²) in [4.78, 5) is 16.8. The van der Waals surface area contributed by atoms with E-state index in [1.165, 1.54) is 12.1 Å². The smallest absolute Gasteiger partial charge is 0.241 e. The van der Waals surface area contributed by atoms with E-state index in [2.05, 4.69) is 15.1 Å². The molecule has 1 N–H and O–H groups in total. The quantitative estimate of drug-likeness (QED) is 0.915. The first-order valence-electron chi connectivity index (χ1n) is 8.17. The van der Waals surface area contributed by atoms with Crippen LogP contribution in [0.2, 0.25) is 0 Å². The van der Waals surface area contributed by atoms with E-state index in [1.54, 1.807) is 18.4 Å². The van der Waals surface area contributed by atoms with Crippen molar-refractivity contribution in [1.82, 2.24) is 9.80 Å². The second-order valence-corrected chi connectivity index (χ2v) is 6.06. The van der Waals surface area contributed by atoms with E-state index in [0.717, 1.165) is 38.5 Å². The number of carbonyl (C=O) groups excluding carboxylic acids is 1. The number of rotatable bonds is 5. The van der Waals surface area contributed by atoms with E-state index < -0.39 is 0 Å². The van der Waals surface area contributed by atoms with E-state index in [0.29, 0.717) is 5.69 Å². The van der Waals surface area contributed by atoms with Crippen LogP contribution < -0.4 is 5.32 Å². The molecule has 24 heavy (non-hydrogen) atoms. The molecule has 0 unspecified atom stereocenters. The predicted octanol–water partition coefficient (Wildman–Crippen LogP) is 2.56. The van der Waals surface area contributed by atoms with Crippen molar-refractivity contribution >= 4 is 11.6 Å². The van der Waals surface area contributed by atoms with Gasteiger partial charge in [-0.05, 0) is 43.3 Å². The van der Waals surface area contributed by atoms with E-state index in [-0.39, 0.29) is 17.8 Å². The molecular weight excluding hydrogens is 309 g/mol. The number of benzene rings is 1. The fourth-order valence-corrected chi connectivity index (χ4v) is 2.88. The third kappa shape index (κ3) is 4.21. The van der Waals surface area contributed by atoms with Crippen LogP contribution in [-0.2, 0) is 11.3 Å². The molecule has 0 aliphatic carbocycles. The van der Waals surface area contributed by atoms with Crippen LogP contribution in [0.5, 0.6) is 0 Å². The van der Waals surface area contributed by atoms with Crippen LogP contribution in [0.1, 0.15) is 12.7 Å². The van der Waals surface area contributed by atoms with Gasteiger partial charge in [-0.25, -0.2) is 4.39 Å². The number of hydrogen-bond acceptors (Lipinski definition) is 4. The first kappa shape index (κ1) is 16.7. The molecule has 1 aliphatic rings. The molecule has 3 rings (SSSR count). The number of furan rings is 1. The van der Waals surface area contributed by atoms with E-state index in [4.69, 9.17) is 4.42 Å². The Labute approximate surface area is 141 Å². The third-order valence-corrected chi connectivity index (χ3v) is 4.41. The zero-order valence-electron chi connectivity index (χ0n) is 13.7. The molecule has 0 radical (unpaired) electrons. The predicted molar refractivity (Wildman–Crippen MR) is 90.0 cm³/mol. The van der Waals surface area contributed by atoms with Crippen molar-refractivity contribution in [3.8, 4) is 0 Å². The molecule has 6 heteroatoms. The number of nitrogens with one attached hydrogen (secondary N) is 1.